The second-order valence-corrected chi connectivity index (χ2v) is 8.09. The zero-order valence-electron chi connectivity index (χ0n) is 15.6. The smallest absolute Gasteiger partial charge is 0.410 e. The van der Waals surface area contributed by atoms with Crippen LogP contribution in [0.1, 0.15) is 37.4 Å². The van der Waals surface area contributed by atoms with Gasteiger partial charge in [-0.05, 0) is 25.0 Å². The number of carbonyl (C=O) groups excluding carboxylic acids is 3. The second kappa shape index (κ2) is 8.57. The van der Waals surface area contributed by atoms with Gasteiger partial charge in [0.2, 0.25) is 0 Å². The SMILES string of the molecule is CCOC(=O)N1CCc2c(sc(NC(=O)c3ccc([N+](=O)[O-])s3)c2C(=O)OC)C1. The van der Waals surface area contributed by atoms with Crippen LogP contribution in [0.4, 0.5) is 14.8 Å². The van der Waals surface area contributed by atoms with Crippen LogP contribution in [-0.4, -0.2) is 48.1 Å². The molecule has 154 valence electrons. The van der Waals surface area contributed by atoms with E-state index in [0.29, 0.717) is 13.0 Å². The molecule has 2 amide bonds. The van der Waals surface area contributed by atoms with Gasteiger partial charge in [-0.3, -0.25) is 14.9 Å². The summed E-state index contributed by atoms with van der Waals surface area (Å²) in [6.07, 6.45) is -0.0299. The maximum absolute atomic E-state index is 12.5. The van der Waals surface area contributed by atoms with Crippen molar-refractivity contribution in [1.82, 2.24) is 4.90 Å². The fraction of sp³-hybridized carbons (Fsp3) is 0.353. The molecule has 1 N–H and O–H groups in total. The molecule has 1 aliphatic heterocycles. The van der Waals surface area contributed by atoms with E-state index in [0.717, 1.165) is 21.8 Å². The minimum atomic E-state index is -0.598. The van der Waals surface area contributed by atoms with Gasteiger partial charge in [-0.1, -0.05) is 11.3 Å². The van der Waals surface area contributed by atoms with E-state index in [4.69, 9.17) is 9.47 Å². The highest BCUT2D eigenvalue weighted by atomic mass is 32.1. The number of anilines is 1. The number of methoxy groups -OCH3 is 1. The number of nitrogens with zero attached hydrogens (tertiary/aromatic N) is 2. The molecule has 0 saturated carbocycles. The molecule has 0 aromatic carbocycles. The summed E-state index contributed by atoms with van der Waals surface area (Å²) < 4.78 is 9.88. The zero-order chi connectivity index (χ0) is 21.1. The maximum Gasteiger partial charge on any atom is 0.410 e. The van der Waals surface area contributed by atoms with Gasteiger partial charge in [-0.25, -0.2) is 9.59 Å². The van der Waals surface area contributed by atoms with Gasteiger partial charge in [0, 0.05) is 17.5 Å². The van der Waals surface area contributed by atoms with Crippen molar-refractivity contribution in [3.63, 3.8) is 0 Å². The molecular formula is C17H17N3O7S2. The predicted octanol–water partition coefficient (Wildman–Crippen LogP) is 3.27. The van der Waals surface area contributed by atoms with E-state index in [1.54, 1.807) is 6.92 Å². The van der Waals surface area contributed by atoms with Crippen molar-refractivity contribution in [3.8, 4) is 0 Å². The summed E-state index contributed by atoms with van der Waals surface area (Å²) in [4.78, 5) is 49.5. The van der Waals surface area contributed by atoms with Gasteiger partial charge >= 0.3 is 17.1 Å². The molecule has 2 aromatic rings. The van der Waals surface area contributed by atoms with E-state index in [2.05, 4.69) is 5.32 Å². The van der Waals surface area contributed by atoms with E-state index < -0.39 is 22.9 Å². The first-order valence-corrected chi connectivity index (χ1v) is 10.2. The monoisotopic (exact) mass is 439 g/mol. The molecule has 1 aliphatic rings. The van der Waals surface area contributed by atoms with Gasteiger partial charge in [0.1, 0.15) is 5.00 Å². The molecular weight excluding hydrogens is 422 g/mol. The van der Waals surface area contributed by atoms with Crippen LogP contribution < -0.4 is 5.32 Å². The Bertz CT molecular complexity index is 982. The van der Waals surface area contributed by atoms with Crippen molar-refractivity contribution in [2.75, 3.05) is 25.6 Å². The molecule has 29 heavy (non-hydrogen) atoms. The van der Waals surface area contributed by atoms with Crippen LogP contribution in [0.25, 0.3) is 0 Å². The number of nitrogens with one attached hydrogen (secondary N) is 1. The van der Waals surface area contributed by atoms with Crippen LogP contribution in [0.2, 0.25) is 0 Å². The molecule has 0 saturated heterocycles. The van der Waals surface area contributed by atoms with Crippen molar-refractivity contribution in [3.05, 3.63) is 43.1 Å². The average molecular weight is 439 g/mol. The Balaban J connectivity index is 1.88. The van der Waals surface area contributed by atoms with Crippen LogP contribution in [0.3, 0.4) is 0 Å². The van der Waals surface area contributed by atoms with E-state index in [9.17, 15) is 24.5 Å². The summed E-state index contributed by atoms with van der Waals surface area (Å²) in [6, 6.07) is 2.60. The number of hydrogen-bond donors (Lipinski definition) is 1. The first-order valence-electron chi connectivity index (χ1n) is 8.55. The topological polar surface area (TPSA) is 128 Å². The molecule has 0 spiro atoms. The largest absolute Gasteiger partial charge is 0.465 e. The fourth-order valence-corrected chi connectivity index (χ4v) is 4.85. The van der Waals surface area contributed by atoms with Gasteiger partial charge in [-0.2, -0.15) is 0 Å². The molecule has 0 fully saturated rings. The Morgan fingerprint density at radius 3 is 2.69 bits per heavy atom. The first-order chi connectivity index (χ1) is 13.8. The fourth-order valence-electron chi connectivity index (χ4n) is 2.89. The lowest BCUT2D eigenvalue weighted by Crippen LogP contribution is -2.36. The molecule has 3 rings (SSSR count). The van der Waals surface area contributed by atoms with Gasteiger partial charge in [-0.15, -0.1) is 11.3 Å². The Morgan fingerprint density at radius 1 is 1.31 bits per heavy atom. The summed E-state index contributed by atoms with van der Waals surface area (Å²) in [5.74, 6) is -1.16. The Hall–Kier alpha value is -2.99. The molecule has 12 heteroatoms. The number of fused-ring (bicyclic) bond motifs is 1. The van der Waals surface area contributed by atoms with Gasteiger partial charge in [0.05, 0.1) is 35.6 Å². The molecule has 3 heterocycles. The van der Waals surface area contributed by atoms with Crippen LogP contribution in [0.15, 0.2) is 12.1 Å². The third kappa shape index (κ3) is 4.22. The number of esters is 1. The third-order valence-electron chi connectivity index (χ3n) is 4.20. The lowest BCUT2D eigenvalue weighted by Gasteiger charge is -2.26. The standard InChI is InChI=1S/C17H17N3O7S2/c1-3-27-17(23)19-7-6-9-11(8-19)29-15(13(9)16(22)26-2)18-14(21)10-4-5-12(28-10)20(24)25/h4-5H,3,6-8H2,1-2H3,(H,18,21). The summed E-state index contributed by atoms with van der Waals surface area (Å²) in [5.41, 5.74) is 0.963. The van der Waals surface area contributed by atoms with Gasteiger partial charge in [0.25, 0.3) is 5.91 Å². The highest BCUT2D eigenvalue weighted by molar-refractivity contribution is 7.18. The molecule has 0 radical (unpaired) electrons. The minimum Gasteiger partial charge on any atom is -0.465 e. The first kappa shape index (κ1) is 20.7. The third-order valence-corrected chi connectivity index (χ3v) is 6.36. The van der Waals surface area contributed by atoms with Gasteiger partial charge < -0.3 is 19.7 Å². The highest BCUT2D eigenvalue weighted by Gasteiger charge is 2.31. The normalized spacial score (nSPS) is 12.8. The maximum atomic E-state index is 12.5. The van der Waals surface area contributed by atoms with Crippen molar-refractivity contribution in [2.24, 2.45) is 0 Å². The quantitative estimate of drug-likeness (QED) is 0.430. The molecule has 0 unspecified atom stereocenters. The zero-order valence-corrected chi connectivity index (χ0v) is 17.2. The number of thiophene rings is 2. The molecule has 0 atom stereocenters. The summed E-state index contributed by atoms with van der Waals surface area (Å²) in [6.45, 7) is 2.60. The van der Waals surface area contributed by atoms with Crippen molar-refractivity contribution in [1.29, 1.82) is 0 Å². The number of nitro groups is 1. The van der Waals surface area contributed by atoms with Crippen molar-refractivity contribution in [2.45, 2.75) is 19.9 Å². The minimum absolute atomic E-state index is 0.145. The summed E-state index contributed by atoms with van der Waals surface area (Å²) in [5, 5.41) is 13.6. The van der Waals surface area contributed by atoms with Gasteiger partial charge in [0.15, 0.2) is 0 Å². The van der Waals surface area contributed by atoms with Crippen LogP contribution in [0, 0.1) is 10.1 Å². The lowest BCUT2D eigenvalue weighted by atomic mass is 10.0. The summed E-state index contributed by atoms with van der Waals surface area (Å²) >= 11 is 1.91. The Kier molecular flexibility index (Phi) is 6.13. The molecule has 0 bridgehead atoms. The van der Waals surface area contributed by atoms with E-state index in [1.807, 2.05) is 0 Å². The molecule has 2 aromatic heterocycles. The number of hydrogen-bond acceptors (Lipinski definition) is 9. The summed E-state index contributed by atoms with van der Waals surface area (Å²) in [7, 11) is 1.24. The van der Waals surface area contributed by atoms with E-state index in [-0.39, 0.29) is 33.6 Å². The van der Waals surface area contributed by atoms with Crippen LogP contribution in [-0.2, 0) is 22.4 Å². The van der Waals surface area contributed by atoms with Crippen molar-refractivity contribution < 1.29 is 28.8 Å². The number of amides is 2. The molecule has 0 aliphatic carbocycles. The number of ether oxygens (including phenoxy) is 2. The average Bonchev–Trinajstić information content (AvgIpc) is 3.32. The van der Waals surface area contributed by atoms with Crippen LogP contribution in [0.5, 0.6) is 0 Å². The highest BCUT2D eigenvalue weighted by Crippen LogP contribution is 2.38. The van der Waals surface area contributed by atoms with E-state index in [1.165, 1.54) is 35.5 Å². The Labute approximate surface area is 173 Å². The molecule has 10 nitrogen and oxygen atoms in total. The number of carbonyl (C=O) groups is 3. The van der Waals surface area contributed by atoms with Crippen LogP contribution >= 0.6 is 22.7 Å². The van der Waals surface area contributed by atoms with Crippen molar-refractivity contribution >= 4 is 50.6 Å². The Morgan fingerprint density at radius 2 is 2.07 bits per heavy atom. The lowest BCUT2D eigenvalue weighted by molar-refractivity contribution is -0.380. The van der Waals surface area contributed by atoms with E-state index >= 15 is 0 Å². The second-order valence-electron chi connectivity index (χ2n) is 5.92. The predicted molar refractivity (Wildman–Crippen MR) is 106 cm³/mol. The number of rotatable bonds is 5.